The van der Waals surface area contributed by atoms with Gasteiger partial charge in [-0.05, 0) is 36.4 Å². The summed E-state index contributed by atoms with van der Waals surface area (Å²) in [4.78, 5) is 17.4. The van der Waals surface area contributed by atoms with E-state index in [1.807, 2.05) is 6.07 Å². The Balaban J connectivity index is 1.68. The van der Waals surface area contributed by atoms with Gasteiger partial charge in [0, 0.05) is 43.3 Å². The zero-order valence-electron chi connectivity index (χ0n) is 15.2. The fourth-order valence-corrected chi connectivity index (χ4v) is 3.54. The lowest BCUT2D eigenvalue weighted by Crippen LogP contribution is -2.49. The van der Waals surface area contributed by atoms with E-state index in [9.17, 15) is 4.79 Å². The average molecular weight is 372 g/mol. The molecule has 1 atom stereocenters. The largest absolute Gasteiger partial charge is 0.350 e. The van der Waals surface area contributed by atoms with E-state index < -0.39 is 0 Å². The van der Waals surface area contributed by atoms with Crippen LogP contribution in [0.25, 0.3) is 0 Å². The topological polar surface area (TPSA) is 35.6 Å². The second kappa shape index (κ2) is 9.17. The van der Waals surface area contributed by atoms with Gasteiger partial charge in [-0.25, -0.2) is 0 Å². The molecule has 1 aliphatic heterocycles. The van der Waals surface area contributed by atoms with Crippen molar-refractivity contribution in [3.63, 3.8) is 0 Å². The van der Waals surface area contributed by atoms with Gasteiger partial charge in [-0.15, -0.1) is 0 Å². The number of carbonyl (C=O) groups excluding carboxylic acids is 1. The van der Waals surface area contributed by atoms with Gasteiger partial charge in [-0.1, -0.05) is 48.9 Å². The number of rotatable bonds is 6. The first kappa shape index (κ1) is 18.9. The fourth-order valence-electron chi connectivity index (χ4n) is 3.42. The van der Waals surface area contributed by atoms with E-state index in [4.69, 9.17) is 11.6 Å². The summed E-state index contributed by atoms with van der Waals surface area (Å²) in [5.41, 5.74) is 1.88. The fraction of sp³-hybridized carbons (Fsp3) is 0.381. The molecule has 1 saturated heterocycles. The van der Waals surface area contributed by atoms with E-state index in [-0.39, 0.29) is 11.9 Å². The molecule has 1 fully saturated rings. The van der Waals surface area contributed by atoms with Crippen molar-refractivity contribution in [3.8, 4) is 0 Å². The molecule has 0 aliphatic carbocycles. The Labute approximate surface area is 160 Å². The van der Waals surface area contributed by atoms with Gasteiger partial charge in [0.2, 0.25) is 0 Å². The second-order valence-corrected chi connectivity index (χ2v) is 7.05. The van der Waals surface area contributed by atoms with E-state index in [1.165, 1.54) is 5.56 Å². The summed E-state index contributed by atoms with van der Waals surface area (Å²) in [5.74, 6) is -0.0604. The molecular weight excluding hydrogens is 346 g/mol. The SMILES string of the molecule is CCN1CCN(C(CNC(=O)c2ccc(Cl)cc2)c2ccccc2)CC1. The molecule has 0 aromatic heterocycles. The van der Waals surface area contributed by atoms with Crippen LogP contribution in [0.4, 0.5) is 0 Å². The van der Waals surface area contributed by atoms with Gasteiger partial charge in [0.05, 0.1) is 6.04 Å². The molecule has 1 amide bonds. The Kier molecular flexibility index (Phi) is 6.67. The van der Waals surface area contributed by atoms with Crippen molar-refractivity contribution in [3.05, 3.63) is 70.7 Å². The van der Waals surface area contributed by atoms with Crippen molar-refractivity contribution >= 4 is 17.5 Å². The molecule has 0 bridgehead atoms. The van der Waals surface area contributed by atoms with Gasteiger partial charge >= 0.3 is 0 Å². The van der Waals surface area contributed by atoms with Gasteiger partial charge in [0.25, 0.3) is 5.91 Å². The molecule has 0 radical (unpaired) electrons. The first-order valence-electron chi connectivity index (χ1n) is 9.22. The number of halogens is 1. The highest BCUT2D eigenvalue weighted by Gasteiger charge is 2.25. The number of hydrogen-bond donors (Lipinski definition) is 1. The number of benzene rings is 2. The van der Waals surface area contributed by atoms with Crippen LogP contribution < -0.4 is 5.32 Å². The molecule has 1 N–H and O–H groups in total. The molecule has 5 heteroatoms. The third kappa shape index (κ3) is 4.85. The molecule has 4 nitrogen and oxygen atoms in total. The minimum Gasteiger partial charge on any atom is -0.350 e. The van der Waals surface area contributed by atoms with Crippen LogP contribution in [0.15, 0.2) is 54.6 Å². The minimum atomic E-state index is -0.0604. The number of nitrogens with zero attached hydrogens (tertiary/aromatic N) is 2. The maximum atomic E-state index is 12.5. The van der Waals surface area contributed by atoms with Crippen LogP contribution in [0.5, 0.6) is 0 Å². The second-order valence-electron chi connectivity index (χ2n) is 6.61. The van der Waals surface area contributed by atoms with E-state index >= 15 is 0 Å². The standard InChI is InChI=1S/C21H26ClN3O/c1-2-24-12-14-25(15-13-24)20(17-6-4-3-5-7-17)16-23-21(26)18-8-10-19(22)11-9-18/h3-11,20H,2,12-16H2,1H3,(H,23,26). The normalized spacial score (nSPS) is 17.0. The molecule has 26 heavy (non-hydrogen) atoms. The summed E-state index contributed by atoms with van der Waals surface area (Å²) < 4.78 is 0. The third-order valence-electron chi connectivity index (χ3n) is 5.04. The number of piperazine rings is 1. The Morgan fingerprint density at radius 1 is 1.04 bits per heavy atom. The van der Waals surface area contributed by atoms with Crippen molar-refractivity contribution < 1.29 is 4.79 Å². The third-order valence-corrected chi connectivity index (χ3v) is 5.29. The lowest BCUT2D eigenvalue weighted by atomic mass is 10.0. The number of nitrogens with one attached hydrogen (secondary N) is 1. The lowest BCUT2D eigenvalue weighted by Gasteiger charge is -2.39. The van der Waals surface area contributed by atoms with Gasteiger partial charge < -0.3 is 10.2 Å². The first-order valence-corrected chi connectivity index (χ1v) is 9.60. The molecule has 0 saturated carbocycles. The minimum absolute atomic E-state index is 0.0604. The van der Waals surface area contributed by atoms with E-state index in [2.05, 4.69) is 46.3 Å². The summed E-state index contributed by atoms with van der Waals surface area (Å²) in [6.07, 6.45) is 0. The Hall–Kier alpha value is -1.88. The summed E-state index contributed by atoms with van der Waals surface area (Å²) in [7, 11) is 0. The van der Waals surface area contributed by atoms with Gasteiger partial charge in [-0.3, -0.25) is 9.69 Å². The summed E-state index contributed by atoms with van der Waals surface area (Å²) in [6, 6.07) is 17.6. The van der Waals surface area contributed by atoms with Crippen LogP contribution in [0.1, 0.15) is 28.9 Å². The maximum Gasteiger partial charge on any atom is 0.251 e. The number of likely N-dealkylation sites (N-methyl/N-ethyl adjacent to an activating group) is 1. The van der Waals surface area contributed by atoms with Crippen LogP contribution >= 0.6 is 11.6 Å². The van der Waals surface area contributed by atoms with E-state index in [0.29, 0.717) is 17.1 Å². The number of carbonyl (C=O) groups is 1. The van der Waals surface area contributed by atoms with Gasteiger partial charge in [0.15, 0.2) is 0 Å². The summed E-state index contributed by atoms with van der Waals surface area (Å²) >= 11 is 5.91. The zero-order valence-corrected chi connectivity index (χ0v) is 16.0. The monoisotopic (exact) mass is 371 g/mol. The first-order chi connectivity index (χ1) is 12.7. The van der Waals surface area contributed by atoms with Crippen LogP contribution in [0, 0.1) is 0 Å². The molecule has 1 heterocycles. The van der Waals surface area contributed by atoms with Gasteiger partial charge in [0.1, 0.15) is 0 Å². The van der Waals surface area contributed by atoms with Crippen LogP contribution in [0.3, 0.4) is 0 Å². The Morgan fingerprint density at radius 2 is 1.69 bits per heavy atom. The maximum absolute atomic E-state index is 12.5. The molecule has 2 aromatic rings. The van der Waals surface area contributed by atoms with Crippen molar-refractivity contribution in [1.82, 2.24) is 15.1 Å². The molecule has 2 aromatic carbocycles. The molecule has 0 spiro atoms. The molecule has 138 valence electrons. The molecular formula is C21H26ClN3O. The highest BCUT2D eigenvalue weighted by atomic mass is 35.5. The van der Waals surface area contributed by atoms with Crippen LogP contribution in [-0.4, -0.2) is 55.0 Å². The molecule has 3 rings (SSSR count). The smallest absolute Gasteiger partial charge is 0.251 e. The highest BCUT2D eigenvalue weighted by Crippen LogP contribution is 2.22. The quantitative estimate of drug-likeness (QED) is 0.844. The molecule has 1 unspecified atom stereocenters. The average Bonchev–Trinajstić information content (AvgIpc) is 2.70. The predicted molar refractivity (Wildman–Crippen MR) is 107 cm³/mol. The van der Waals surface area contributed by atoms with Crippen LogP contribution in [0.2, 0.25) is 5.02 Å². The Bertz CT molecular complexity index is 697. The zero-order chi connectivity index (χ0) is 18.4. The van der Waals surface area contributed by atoms with Crippen molar-refractivity contribution in [2.24, 2.45) is 0 Å². The van der Waals surface area contributed by atoms with Crippen molar-refractivity contribution in [2.45, 2.75) is 13.0 Å². The molecule has 1 aliphatic rings. The lowest BCUT2D eigenvalue weighted by molar-refractivity contribution is 0.0855. The number of amides is 1. The van der Waals surface area contributed by atoms with Crippen LogP contribution in [-0.2, 0) is 0 Å². The van der Waals surface area contributed by atoms with Crippen molar-refractivity contribution in [1.29, 1.82) is 0 Å². The van der Waals surface area contributed by atoms with Crippen molar-refractivity contribution in [2.75, 3.05) is 39.3 Å². The summed E-state index contributed by atoms with van der Waals surface area (Å²) in [5, 5.41) is 3.74. The van der Waals surface area contributed by atoms with E-state index in [0.717, 1.165) is 32.7 Å². The predicted octanol–water partition coefficient (Wildman–Crippen LogP) is 3.45. The van der Waals surface area contributed by atoms with Gasteiger partial charge in [-0.2, -0.15) is 0 Å². The summed E-state index contributed by atoms with van der Waals surface area (Å²) in [6.45, 7) is 8.08. The number of hydrogen-bond acceptors (Lipinski definition) is 3. The highest BCUT2D eigenvalue weighted by molar-refractivity contribution is 6.30. The Morgan fingerprint density at radius 3 is 2.31 bits per heavy atom. The van der Waals surface area contributed by atoms with E-state index in [1.54, 1.807) is 24.3 Å².